The van der Waals surface area contributed by atoms with Crippen molar-refractivity contribution in [2.24, 2.45) is 11.1 Å². The van der Waals surface area contributed by atoms with Crippen molar-refractivity contribution in [2.75, 3.05) is 13.2 Å². The first-order valence-corrected chi connectivity index (χ1v) is 5.63. The Balaban J connectivity index is 2.81. The molecule has 1 rings (SSSR count). The number of esters is 1. The van der Waals surface area contributed by atoms with Gasteiger partial charge in [-0.2, -0.15) is 0 Å². The molecule has 1 aromatic carbocycles. The average Bonchev–Trinajstić information content (AvgIpc) is 2.32. The minimum atomic E-state index is -0.756. The van der Waals surface area contributed by atoms with Crippen LogP contribution in [0.4, 0.5) is 4.39 Å². The van der Waals surface area contributed by atoms with E-state index in [-0.39, 0.29) is 18.3 Å². The second kappa shape index (κ2) is 5.77. The number of carbonyl (C=O) groups excluding carboxylic acids is 1. The standard InChI is InChI=1S/C13H18FNO2/c1-3-17-12(16)13(2,9-15)8-10-4-6-11(14)7-5-10/h4-7H,3,8-9,15H2,1-2H3. The van der Waals surface area contributed by atoms with Gasteiger partial charge < -0.3 is 10.5 Å². The summed E-state index contributed by atoms with van der Waals surface area (Å²) in [6, 6.07) is 6.06. The lowest BCUT2D eigenvalue weighted by atomic mass is 9.84. The monoisotopic (exact) mass is 239 g/mol. The van der Waals surface area contributed by atoms with Crippen molar-refractivity contribution in [1.82, 2.24) is 0 Å². The number of rotatable bonds is 5. The van der Waals surface area contributed by atoms with Gasteiger partial charge in [-0.15, -0.1) is 0 Å². The largest absolute Gasteiger partial charge is 0.466 e. The maximum atomic E-state index is 12.8. The van der Waals surface area contributed by atoms with Gasteiger partial charge >= 0.3 is 5.97 Å². The summed E-state index contributed by atoms with van der Waals surface area (Å²) >= 11 is 0. The summed E-state index contributed by atoms with van der Waals surface area (Å²) < 4.78 is 17.8. The maximum Gasteiger partial charge on any atom is 0.313 e. The molecule has 2 N–H and O–H groups in total. The van der Waals surface area contributed by atoms with Gasteiger partial charge in [0.05, 0.1) is 12.0 Å². The van der Waals surface area contributed by atoms with E-state index in [1.165, 1.54) is 12.1 Å². The lowest BCUT2D eigenvalue weighted by molar-refractivity contribution is -0.153. The van der Waals surface area contributed by atoms with Gasteiger partial charge in [-0.3, -0.25) is 4.79 Å². The summed E-state index contributed by atoms with van der Waals surface area (Å²) in [5, 5.41) is 0. The highest BCUT2D eigenvalue weighted by molar-refractivity contribution is 5.77. The topological polar surface area (TPSA) is 52.3 Å². The fraction of sp³-hybridized carbons (Fsp3) is 0.462. The molecule has 3 nitrogen and oxygen atoms in total. The quantitative estimate of drug-likeness (QED) is 0.798. The Kier molecular flexibility index (Phi) is 4.63. The first-order valence-electron chi connectivity index (χ1n) is 5.63. The normalized spacial score (nSPS) is 14.1. The number of nitrogens with two attached hydrogens (primary N) is 1. The Morgan fingerprint density at radius 2 is 2.00 bits per heavy atom. The first kappa shape index (κ1) is 13.6. The van der Waals surface area contributed by atoms with Crippen LogP contribution >= 0.6 is 0 Å². The van der Waals surface area contributed by atoms with Crippen molar-refractivity contribution >= 4 is 5.97 Å². The number of hydrogen-bond acceptors (Lipinski definition) is 3. The van der Waals surface area contributed by atoms with Crippen LogP contribution in [0.5, 0.6) is 0 Å². The molecule has 17 heavy (non-hydrogen) atoms. The predicted molar refractivity (Wildman–Crippen MR) is 63.9 cm³/mol. The summed E-state index contributed by atoms with van der Waals surface area (Å²) in [4.78, 5) is 11.8. The molecule has 1 atom stereocenters. The Bertz CT molecular complexity index is 378. The lowest BCUT2D eigenvalue weighted by Gasteiger charge is -2.25. The zero-order valence-corrected chi connectivity index (χ0v) is 10.2. The zero-order valence-electron chi connectivity index (χ0n) is 10.2. The summed E-state index contributed by atoms with van der Waals surface area (Å²) in [5.41, 5.74) is 5.75. The van der Waals surface area contributed by atoms with E-state index in [0.717, 1.165) is 5.56 Å². The molecule has 0 aliphatic heterocycles. The summed E-state index contributed by atoms with van der Waals surface area (Å²) in [5.74, 6) is -0.605. The number of carbonyl (C=O) groups is 1. The molecule has 0 aromatic heterocycles. The number of benzene rings is 1. The Labute approximate surface area is 101 Å². The SMILES string of the molecule is CCOC(=O)C(C)(CN)Cc1ccc(F)cc1. The van der Waals surface area contributed by atoms with E-state index in [2.05, 4.69) is 0 Å². The van der Waals surface area contributed by atoms with E-state index in [1.54, 1.807) is 26.0 Å². The molecule has 0 saturated heterocycles. The minimum absolute atomic E-state index is 0.198. The molecule has 0 aliphatic carbocycles. The number of halogens is 1. The van der Waals surface area contributed by atoms with Crippen LogP contribution in [-0.2, 0) is 16.0 Å². The molecule has 0 heterocycles. The van der Waals surface area contributed by atoms with Gasteiger partial charge in [0.25, 0.3) is 0 Å². The smallest absolute Gasteiger partial charge is 0.313 e. The third kappa shape index (κ3) is 3.53. The summed E-state index contributed by atoms with van der Waals surface area (Å²) in [7, 11) is 0. The third-order valence-corrected chi connectivity index (χ3v) is 2.73. The average molecular weight is 239 g/mol. The fourth-order valence-electron chi connectivity index (χ4n) is 1.59. The van der Waals surface area contributed by atoms with Gasteiger partial charge in [-0.05, 0) is 38.0 Å². The molecular weight excluding hydrogens is 221 g/mol. The van der Waals surface area contributed by atoms with Gasteiger partial charge in [-0.1, -0.05) is 12.1 Å². The minimum Gasteiger partial charge on any atom is -0.466 e. The van der Waals surface area contributed by atoms with E-state index in [0.29, 0.717) is 13.0 Å². The van der Waals surface area contributed by atoms with Gasteiger partial charge in [0.2, 0.25) is 0 Å². The molecule has 0 saturated carbocycles. The molecule has 0 radical (unpaired) electrons. The summed E-state index contributed by atoms with van der Waals surface area (Å²) in [6.07, 6.45) is 0.447. The van der Waals surface area contributed by atoms with E-state index < -0.39 is 5.41 Å². The van der Waals surface area contributed by atoms with Crippen molar-refractivity contribution in [3.63, 3.8) is 0 Å². The summed E-state index contributed by atoms with van der Waals surface area (Å²) in [6.45, 7) is 4.04. The molecule has 0 bridgehead atoms. The second-order valence-electron chi connectivity index (χ2n) is 4.29. The van der Waals surface area contributed by atoms with Crippen LogP contribution in [0.25, 0.3) is 0 Å². The van der Waals surface area contributed by atoms with Crippen molar-refractivity contribution in [3.05, 3.63) is 35.6 Å². The van der Waals surface area contributed by atoms with Crippen LogP contribution < -0.4 is 5.73 Å². The molecular formula is C13H18FNO2. The van der Waals surface area contributed by atoms with E-state index >= 15 is 0 Å². The second-order valence-corrected chi connectivity index (χ2v) is 4.29. The predicted octanol–water partition coefficient (Wildman–Crippen LogP) is 1.90. The van der Waals surface area contributed by atoms with Crippen molar-refractivity contribution in [2.45, 2.75) is 20.3 Å². The van der Waals surface area contributed by atoms with Crippen molar-refractivity contribution in [3.8, 4) is 0 Å². The highest BCUT2D eigenvalue weighted by atomic mass is 19.1. The highest BCUT2D eigenvalue weighted by Crippen LogP contribution is 2.23. The third-order valence-electron chi connectivity index (χ3n) is 2.73. The number of hydrogen-bond donors (Lipinski definition) is 1. The van der Waals surface area contributed by atoms with Crippen LogP contribution in [0.3, 0.4) is 0 Å². The van der Waals surface area contributed by atoms with Crippen LogP contribution in [-0.4, -0.2) is 19.1 Å². The van der Waals surface area contributed by atoms with Crippen molar-refractivity contribution in [1.29, 1.82) is 0 Å². The Hall–Kier alpha value is -1.42. The Morgan fingerprint density at radius 1 is 1.41 bits per heavy atom. The van der Waals surface area contributed by atoms with E-state index in [1.807, 2.05) is 0 Å². The first-order chi connectivity index (χ1) is 8.01. The van der Waals surface area contributed by atoms with Gasteiger partial charge in [-0.25, -0.2) is 4.39 Å². The molecule has 4 heteroatoms. The molecule has 1 unspecified atom stereocenters. The molecule has 0 aliphatic rings. The van der Waals surface area contributed by atoms with Gasteiger partial charge in [0.1, 0.15) is 5.82 Å². The fourth-order valence-corrected chi connectivity index (χ4v) is 1.59. The molecule has 0 amide bonds. The van der Waals surface area contributed by atoms with Crippen molar-refractivity contribution < 1.29 is 13.9 Å². The molecule has 94 valence electrons. The van der Waals surface area contributed by atoms with Crippen LogP contribution in [0.2, 0.25) is 0 Å². The molecule has 1 aromatic rings. The van der Waals surface area contributed by atoms with Crippen LogP contribution in [0.15, 0.2) is 24.3 Å². The highest BCUT2D eigenvalue weighted by Gasteiger charge is 2.33. The van der Waals surface area contributed by atoms with Gasteiger partial charge in [0, 0.05) is 6.54 Å². The Morgan fingerprint density at radius 3 is 2.47 bits per heavy atom. The zero-order chi connectivity index (χ0) is 12.9. The van der Waals surface area contributed by atoms with E-state index in [9.17, 15) is 9.18 Å². The van der Waals surface area contributed by atoms with Crippen LogP contribution in [0, 0.1) is 11.2 Å². The van der Waals surface area contributed by atoms with Gasteiger partial charge in [0.15, 0.2) is 0 Å². The molecule has 0 spiro atoms. The number of ether oxygens (including phenoxy) is 1. The van der Waals surface area contributed by atoms with Crippen LogP contribution in [0.1, 0.15) is 19.4 Å². The maximum absolute atomic E-state index is 12.8. The lowest BCUT2D eigenvalue weighted by Crippen LogP contribution is -2.39. The molecule has 0 fully saturated rings. The van der Waals surface area contributed by atoms with E-state index in [4.69, 9.17) is 10.5 Å².